The highest BCUT2D eigenvalue weighted by atomic mass is 35.5. The van der Waals surface area contributed by atoms with Crippen LogP contribution in [0.15, 0.2) is 23.7 Å². The van der Waals surface area contributed by atoms with Crippen LogP contribution in [-0.2, 0) is 6.42 Å². The summed E-state index contributed by atoms with van der Waals surface area (Å²) in [6.45, 7) is 0.869. The van der Waals surface area contributed by atoms with Crippen LogP contribution in [0, 0.1) is 0 Å². The van der Waals surface area contributed by atoms with E-state index >= 15 is 0 Å². The summed E-state index contributed by atoms with van der Waals surface area (Å²) >= 11 is 7.69. The van der Waals surface area contributed by atoms with E-state index in [1.807, 2.05) is 7.05 Å². The van der Waals surface area contributed by atoms with Crippen LogP contribution in [0.5, 0.6) is 0 Å². The van der Waals surface area contributed by atoms with E-state index in [1.165, 1.54) is 4.88 Å². The molecule has 0 radical (unpaired) electrons. The maximum atomic E-state index is 5.93. The number of aromatic amines is 1. The number of fused-ring (bicyclic) bond motifs is 1. The van der Waals surface area contributed by atoms with Crippen LogP contribution in [0.25, 0.3) is 11.0 Å². The second-order valence-electron chi connectivity index (χ2n) is 4.20. The molecule has 0 saturated carbocycles. The fraction of sp³-hybridized carbons (Fsp3) is 0.250. The van der Waals surface area contributed by atoms with E-state index in [9.17, 15) is 0 Å². The fourth-order valence-corrected chi connectivity index (χ4v) is 2.79. The molecule has 3 aromatic heterocycles. The molecular formula is C12H12ClN5S. The number of nitrogens with zero attached hydrogens (tertiary/aromatic N) is 4. The van der Waals surface area contributed by atoms with Crippen molar-refractivity contribution in [2.75, 3.05) is 18.5 Å². The number of rotatable bonds is 4. The largest absolute Gasteiger partial charge is 0.359 e. The molecule has 0 unspecified atom stereocenters. The van der Waals surface area contributed by atoms with Crippen molar-refractivity contribution in [1.82, 2.24) is 20.2 Å². The molecule has 5 nitrogen and oxygen atoms in total. The highest BCUT2D eigenvalue weighted by Crippen LogP contribution is 2.23. The maximum absolute atomic E-state index is 5.93. The van der Waals surface area contributed by atoms with Gasteiger partial charge in [0.15, 0.2) is 5.65 Å². The molecule has 0 bridgehead atoms. The number of halogens is 1. The molecule has 19 heavy (non-hydrogen) atoms. The van der Waals surface area contributed by atoms with E-state index in [1.54, 1.807) is 17.5 Å². The van der Waals surface area contributed by atoms with Crippen LogP contribution in [0.2, 0.25) is 5.28 Å². The maximum Gasteiger partial charge on any atom is 0.226 e. The van der Waals surface area contributed by atoms with Gasteiger partial charge in [-0.05, 0) is 29.5 Å². The molecule has 0 atom stereocenters. The minimum atomic E-state index is 0.231. The van der Waals surface area contributed by atoms with Gasteiger partial charge in [0.2, 0.25) is 5.28 Å². The van der Waals surface area contributed by atoms with E-state index in [-0.39, 0.29) is 5.28 Å². The molecule has 0 saturated heterocycles. The van der Waals surface area contributed by atoms with Crippen LogP contribution in [0.3, 0.4) is 0 Å². The van der Waals surface area contributed by atoms with Gasteiger partial charge in [0.25, 0.3) is 0 Å². The van der Waals surface area contributed by atoms with Crippen LogP contribution >= 0.6 is 22.9 Å². The zero-order chi connectivity index (χ0) is 13.2. The number of H-pyrrole nitrogens is 1. The van der Waals surface area contributed by atoms with Gasteiger partial charge in [-0.25, -0.2) is 0 Å². The first-order valence-corrected chi connectivity index (χ1v) is 7.10. The van der Waals surface area contributed by atoms with Gasteiger partial charge in [-0.3, -0.25) is 5.10 Å². The Balaban J connectivity index is 1.84. The number of anilines is 1. The number of likely N-dealkylation sites (N-methyl/N-ethyl adjacent to an activating group) is 1. The topological polar surface area (TPSA) is 57.7 Å². The van der Waals surface area contributed by atoms with Crippen molar-refractivity contribution in [3.63, 3.8) is 0 Å². The zero-order valence-electron chi connectivity index (χ0n) is 10.3. The SMILES string of the molecule is CN(CCc1cccs1)c1nc(Cl)nc2[nH]ncc12. The van der Waals surface area contributed by atoms with Gasteiger partial charge in [-0.1, -0.05) is 6.07 Å². The van der Waals surface area contributed by atoms with Gasteiger partial charge in [-0.2, -0.15) is 15.1 Å². The van der Waals surface area contributed by atoms with Crippen molar-refractivity contribution in [2.24, 2.45) is 0 Å². The van der Waals surface area contributed by atoms with Crippen LogP contribution < -0.4 is 4.90 Å². The van der Waals surface area contributed by atoms with Crippen molar-refractivity contribution in [1.29, 1.82) is 0 Å². The Labute approximate surface area is 119 Å². The quantitative estimate of drug-likeness (QED) is 0.752. The summed E-state index contributed by atoms with van der Waals surface area (Å²) < 4.78 is 0. The summed E-state index contributed by atoms with van der Waals surface area (Å²) in [4.78, 5) is 11.8. The van der Waals surface area contributed by atoms with Gasteiger partial charge < -0.3 is 4.90 Å². The number of nitrogens with one attached hydrogen (secondary N) is 1. The lowest BCUT2D eigenvalue weighted by Crippen LogP contribution is -2.21. The lowest BCUT2D eigenvalue weighted by Gasteiger charge is -2.18. The molecule has 0 amide bonds. The Morgan fingerprint density at radius 1 is 1.42 bits per heavy atom. The van der Waals surface area contributed by atoms with Crippen molar-refractivity contribution in [2.45, 2.75) is 6.42 Å². The van der Waals surface area contributed by atoms with Gasteiger partial charge in [0, 0.05) is 18.5 Å². The minimum absolute atomic E-state index is 0.231. The van der Waals surface area contributed by atoms with E-state index < -0.39 is 0 Å². The van der Waals surface area contributed by atoms with E-state index in [4.69, 9.17) is 11.6 Å². The summed E-state index contributed by atoms with van der Waals surface area (Å²) in [5.41, 5.74) is 0.665. The summed E-state index contributed by atoms with van der Waals surface area (Å²) in [5.74, 6) is 0.806. The normalized spacial score (nSPS) is 11.1. The Morgan fingerprint density at radius 3 is 3.11 bits per heavy atom. The molecule has 1 N–H and O–H groups in total. The Bertz CT molecular complexity index is 679. The number of aromatic nitrogens is 4. The first-order chi connectivity index (χ1) is 9.24. The van der Waals surface area contributed by atoms with Crippen molar-refractivity contribution in [3.8, 4) is 0 Å². The number of thiophene rings is 1. The number of hydrogen-bond acceptors (Lipinski definition) is 5. The Morgan fingerprint density at radius 2 is 2.32 bits per heavy atom. The molecule has 0 aliphatic rings. The third kappa shape index (κ3) is 2.54. The van der Waals surface area contributed by atoms with Crippen molar-refractivity contribution >= 4 is 39.8 Å². The van der Waals surface area contributed by atoms with E-state index in [0.717, 1.165) is 24.2 Å². The van der Waals surface area contributed by atoms with Crippen LogP contribution in [0.1, 0.15) is 4.88 Å². The van der Waals surface area contributed by atoms with Gasteiger partial charge >= 0.3 is 0 Å². The van der Waals surface area contributed by atoms with E-state index in [0.29, 0.717) is 5.65 Å². The summed E-state index contributed by atoms with van der Waals surface area (Å²) in [7, 11) is 2.00. The van der Waals surface area contributed by atoms with E-state index in [2.05, 4.69) is 42.6 Å². The minimum Gasteiger partial charge on any atom is -0.359 e. The summed E-state index contributed by atoms with van der Waals surface area (Å²) in [6.07, 6.45) is 2.71. The predicted molar refractivity (Wildman–Crippen MR) is 78.0 cm³/mol. The fourth-order valence-electron chi connectivity index (χ4n) is 1.92. The molecule has 0 aromatic carbocycles. The monoisotopic (exact) mass is 293 g/mol. The van der Waals surface area contributed by atoms with Crippen molar-refractivity contribution < 1.29 is 0 Å². The molecule has 3 aromatic rings. The van der Waals surface area contributed by atoms with Crippen LogP contribution in [0.4, 0.5) is 5.82 Å². The molecule has 3 heterocycles. The van der Waals surface area contributed by atoms with Gasteiger partial charge in [0.1, 0.15) is 5.82 Å². The lowest BCUT2D eigenvalue weighted by atomic mass is 10.3. The summed E-state index contributed by atoms with van der Waals surface area (Å²) in [5, 5.41) is 10.0. The third-order valence-electron chi connectivity index (χ3n) is 2.90. The third-order valence-corrected chi connectivity index (χ3v) is 4.00. The molecule has 0 aliphatic heterocycles. The molecule has 0 aliphatic carbocycles. The molecule has 0 spiro atoms. The second kappa shape index (κ2) is 5.14. The molecule has 7 heteroatoms. The molecule has 0 fully saturated rings. The molecule has 98 valence electrons. The lowest BCUT2D eigenvalue weighted by molar-refractivity contribution is 0.871. The van der Waals surface area contributed by atoms with Crippen molar-refractivity contribution in [3.05, 3.63) is 33.9 Å². The van der Waals surface area contributed by atoms with Crippen LogP contribution in [-0.4, -0.2) is 33.8 Å². The average Bonchev–Trinajstić information content (AvgIpc) is 3.05. The van der Waals surface area contributed by atoms with Gasteiger partial charge in [0.05, 0.1) is 11.6 Å². The molecule has 3 rings (SSSR count). The summed E-state index contributed by atoms with van der Waals surface area (Å²) in [6, 6.07) is 4.20. The number of hydrogen-bond donors (Lipinski definition) is 1. The Kier molecular flexibility index (Phi) is 3.35. The average molecular weight is 294 g/mol. The highest BCUT2D eigenvalue weighted by Gasteiger charge is 2.12. The standard InChI is InChI=1S/C12H12ClN5S/c1-18(5-4-8-3-2-6-19-8)11-9-7-14-17-10(9)15-12(13)16-11/h2-3,6-7H,4-5H2,1H3,(H,14,15,16,17). The first kappa shape index (κ1) is 12.4. The van der Waals surface area contributed by atoms with Gasteiger partial charge in [-0.15, -0.1) is 11.3 Å². The first-order valence-electron chi connectivity index (χ1n) is 5.84. The zero-order valence-corrected chi connectivity index (χ0v) is 11.9. The smallest absolute Gasteiger partial charge is 0.226 e. The Hall–Kier alpha value is -1.66. The molecular weight excluding hydrogens is 282 g/mol. The predicted octanol–water partition coefficient (Wildman–Crippen LogP) is 2.75. The highest BCUT2D eigenvalue weighted by molar-refractivity contribution is 7.09. The second-order valence-corrected chi connectivity index (χ2v) is 5.57.